The van der Waals surface area contributed by atoms with E-state index in [4.69, 9.17) is 0 Å². The van der Waals surface area contributed by atoms with E-state index in [1.807, 2.05) is 6.07 Å². The van der Waals surface area contributed by atoms with Gasteiger partial charge in [0.05, 0.1) is 11.7 Å². The van der Waals surface area contributed by atoms with Gasteiger partial charge in [-0.2, -0.15) is 0 Å². The monoisotopic (exact) mass is 482 g/mol. The fraction of sp³-hybridized carbons (Fsp3) is 0.750. The fourth-order valence-corrected chi connectivity index (χ4v) is 9.51. The highest BCUT2D eigenvalue weighted by Gasteiger charge is 2.59. The van der Waals surface area contributed by atoms with Crippen LogP contribution in [0.25, 0.3) is 0 Å². The Morgan fingerprint density at radius 1 is 1.03 bits per heavy atom. The highest BCUT2D eigenvalue weighted by molar-refractivity contribution is 5.27. The molecule has 1 aromatic carbocycles. The van der Waals surface area contributed by atoms with Crippen LogP contribution in [0.15, 0.2) is 35.9 Å². The molecular weight excluding hydrogens is 435 g/mol. The molecule has 0 aromatic heterocycles. The maximum Gasteiger partial charge on any atom is 0.128 e. The highest BCUT2D eigenvalue weighted by atomic mass is 19.1. The van der Waals surface area contributed by atoms with Crippen molar-refractivity contribution in [2.24, 2.45) is 40.4 Å². The first kappa shape index (κ1) is 25.5. The molecule has 5 rings (SSSR count). The van der Waals surface area contributed by atoms with Crippen LogP contribution in [-0.4, -0.2) is 15.8 Å². The third kappa shape index (κ3) is 4.23. The topological polar surface area (TPSA) is 40.5 Å². The molecule has 0 saturated heterocycles. The average Bonchev–Trinajstić information content (AvgIpc) is 3.20. The highest BCUT2D eigenvalue weighted by Crippen LogP contribution is 2.67. The molecule has 3 saturated carbocycles. The summed E-state index contributed by atoms with van der Waals surface area (Å²) in [7, 11) is 0. The lowest BCUT2D eigenvalue weighted by atomic mass is 9.46. The maximum absolute atomic E-state index is 14.1. The van der Waals surface area contributed by atoms with Crippen molar-refractivity contribution in [2.45, 2.75) is 110 Å². The van der Waals surface area contributed by atoms with Gasteiger partial charge in [-0.1, -0.05) is 57.5 Å². The minimum Gasteiger partial charge on any atom is -0.390 e. The van der Waals surface area contributed by atoms with Crippen LogP contribution in [0.4, 0.5) is 4.39 Å². The Hall–Kier alpha value is -1.19. The second-order valence-corrected chi connectivity index (χ2v) is 13.3. The van der Waals surface area contributed by atoms with E-state index in [2.05, 4.69) is 33.8 Å². The smallest absolute Gasteiger partial charge is 0.128 e. The second kappa shape index (κ2) is 9.28. The molecule has 0 radical (unpaired) electrons. The predicted octanol–water partition coefficient (Wildman–Crippen LogP) is 8.00. The van der Waals surface area contributed by atoms with Gasteiger partial charge >= 0.3 is 0 Å². The van der Waals surface area contributed by atoms with Gasteiger partial charge in [0.15, 0.2) is 0 Å². The maximum atomic E-state index is 14.1. The first-order valence-electron chi connectivity index (χ1n) is 14.5. The zero-order valence-corrected chi connectivity index (χ0v) is 22.4. The minimum absolute atomic E-state index is 0.277. The molecule has 4 aliphatic rings. The summed E-state index contributed by atoms with van der Waals surface area (Å²) in [6.45, 7) is 9.61. The van der Waals surface area contributed by atoms with Gasteiger partial charge in [-0.05, 0) is 117 Å². The lowest BCUT2D eigenvalue weighted by Gasteiger charge is -2.59. The van der Waals surface area contributed by atoms with E-state index in [-0.39, 0.29) is 11.2 Å². The van der Waals surface area contributed by atoms with Gasteiger partial charge < -0.3 is 10.2 Å². The molecule has 3 fully saturated rings. The number of rotatable bonds is 6. The van der Waals surface area contributed by atoms with Crippen molar-refractivity contribution < 1.29 is 14.6 Å². The van der Waals surface area contributed by atoms with Gasteiger partial charge in [0.2, 0.25) is 0 Å². The molecule has 9 atom stereocenters. The normalized spacial score (nSPS) is 42.4. The van der Waals surface area contributed by atoms with Crippen LogP contribution >= 0.6 is 0 Å². The van der Waals surface area contributed by atoms with E-state index < -0.39 is 11.7 Å². The Morgan fingerprint density at radius 2 is 1.80 bits per heavy atom. The van der Waals surface area contributed by atoms with Gasteiger partial charge in [0.25, 0.3) is 0 Å². The van der Waals surface area contributed by atoms with E-state index in [0.29, 0.717) is 29.2 Å². The van der Waals surface area contributed by atoms with Crippen LogP contribution in [0.1, 0.15) is 110 Å². The summed E-state index contributed by atoms with van der Waals surface area (Å²) in [5.74, 6) is 3.26. The van der Waals surface area contributed by atoms with Crippen molar-refractivity contribution >= 4 is 0 Å². The zero-order valence-electron chi connectivity index (χ0n) is 22.4. The van der Waals surface area contributed by atoms with Crippen LogP contribution < -0.4 is 0 Å². The summed E-state index contributed by atoms with van der Waals surface area (Å²) >= 11 is 0. The second-order valence-electron chi connectivity index (χ2n) is 13.3. The van der Waals surface area contributed by atoms with Gasteiger partial charge in [-0.15, -0.1) is 0 Å². The number of aliphatic hydroxyl groups excluding tert-OH is 1. The Balaban J connectivity index is 1.28. The average molecular weight is 483 g/mol. The van der Waals surface area contributed by atoms with Crippen LogP contribution in [0.2, 0.25) is 0 Å². The largest absolute Gasteiger partial charge is 0.390 e. The molecule has 194 valence electrons. The molecule has 4 aliphatic carbocycles. The molecule has 0 aliphatic heterocycles. The van der Waals surface area contributed by atoms with E-state index in [0.717, 1.165) is 49.9 Å². The molecule has 35 heavy (non-hydrogen) atoms. The quantitative estimate of drug-likeness (QED) is 0.403. The standard InChI is InChI=1S/C32H47FO2/c1-5-32(35)19-18-30(3)22(20-32)11-12-23-26-14-13-25(31(26,4)17-16-27(23)30)21(2)10-15-29(34)24-8-6-7-9-28(24)33/h6-9,11,21,23,25-27,29,34-35H,5,10,12-20H2,1-4H3/t21-,23+,25-,26+,27?,29-,30+,31-,32+/m1/s1. The van der Waals surface area contributed by atoms with Gasteiger partial charge in [0, 0.05) is 5.56 Å². The summed E-state index contributed by atoms with van der Waals surface area (Å²) < 4.78 is 14.1. The Morgan fingerprint density at radius 3 is 2.54 bits per heavy atom. The van der Waals surface area contributed by atoms with Crippen molar-refractivity contribution in [1.82, 2.24) is 0 Å². The third-order valence-electron chi connectivity index (χ3n) is 11.8. The summed E-state index contributed by atoms with van der Waals surface area (Å²) in [6.07, 6.45) is 13.7. The summed E-state index contributed by atoms with van der Waals surface area (Å²) in [6, 6.07) is 6.66. The molecule has 0 spiro atoms. The van der Waals surface area contributed by atoms with Crippen molar-refractivity contribution in [1.29, 1.82) is 0 Å². The van der Waals surface area contributed by atoms with Gasteiger partial charge in [-0.3, -0.25) is 0 Å². The first-order valence-corrected chi connectivity index (χ1v) is 14.5. The van der Waals surface area contributed by atoms with Crippen LogP contribution in [0.5, 0.6) is 0 Å². The van der Waals surface area contributed by atoms with Crippen molar-refractivity contribution in [3.8, 4) is 0 Å². The molecule has 1 unspecified atom stereocenters. The summed E-state index contributed by atoms with van der Waals surface area (Å²) in [5.41, 5.74) is 2.17. The Kier molecular flexibility index (Phi) is 6.75. The van der Waals surface area contributed by atoms with Gasteiger partial charge in [0.1, 0.15) is 5.82 Å². The molecule has 3 heteroatoms. The van der Waals surface area contributed by atoms with Crippen LogP contribution in [0, 0.1) is 46.2 Å². The summed E-state index contributed by atoms with van der Waals surface area (Å²) in [4.78, 5) is 0. The number of hydrogen-bond donors (Lipinski definition) is 2. The molecule has 2 N–H and O–H groups in total. The van der Waals surface area contributed by atoms with Crippen LogP contribution in [0.3, 0.4) is 0 Å². The van der Waals surface area contributed by atoms with E-state index in [9.17, 15) is 14.6 Å². The lowest BCUT2D eigenvalue weighted by Crippen LogP contribution is -2.52. The molecule has 0 heterocycles. The molecule has 0 bridgehead atoms. The Labute approximate surface area is 212 Å². The first-order chi connectivity index (χ1) is 16.6. The van der Waals surface area contributed by atoms with E-state index >= 15 is 0 Å². The fourth-order valence-electron chi connectivity index (χ4n) is 9.51. The number of allylic oxidation sites excluding steroid dienone is 1. The molecule has 2 nitrogen and oxygen atoms in total. The Bertz CT molecular complexity index is 957. The SMILES string of the molecule is CC[C@]1(O)CC[C@@]2(C)C(=CC[C@@H]3C2CC[C@]2(C)[C@@H]([C@H](C)CC[C@@H](O)c4ccccc4F)CC[C@@H]32)C1. The number of hydrogen-bond acceptors (Lipinski definition) is 2. The van der Waals surface area contributed by atoms with Crippen molar-refractivity contribution in [3.05, 3.63) is 47.3 Å². The summed E-state index contributed by atoms with van der Waals surface area (Å²) in [5, 5.41) is 21.7. The zero-order chi connectivity index (χ0) is 25.0. The molecular formula is C32H47FO2. The molecule has 0 amide bonds. The predicted molar refractivity (Wildman–Crippen MR) is 140 cm³/mol. The van der Waals surface area contributed by atoms with Crippen LogP contribution in [-0.2, 0) is 0 Å². The number of fused-ring (bicyclic) bond motifs is 5. The number of halogens is 1. The van der Waals surface area contributed by atoms with Gasteiger partial charge in [-0.25, -0.2) is 4.39 Å². The number of aliphatic hydroxyl groups is 2. The van der Waals surface area contributed by atoms with E-state index in [1.165, 1.54) is 38.2 Å². The minimum atomic E-state index is -0.714. The van der Waals surface area contributed by atoms with Crippen molar-refractivity contribution in [2.75, 3.05) is 0 Å². The molecule has 1 aromatic rings. The lowest BCUT2D eigenvalue weighted by molar-refractivity contribution is -0.0757. The van der Waals surface area contributed by atoms with E-state index in [1.54, 1.807) is 17.7 Å². The van der Waals surface area contributed by atoms with Crippen molar-refractivity contribution in [3.63, 3.8) is 0 Å². The number of benzene rings is 1. The third-order valence-corrected chi connectivity index (χ3v) is 11.8.